The molecular weight excluding hydrogens is 327 g/mol. The van der Waals surface area contributed by atoms with Crippen molar-refractivity contribution in [3.63, 3.8) is 0 Å². The monoisotopic (exact) mass is 340 g/mol. The molecule has 20 heavy (non-hydrogen) atoms. The van der Waals surface area contributed by atoms with Gasteiger partial charge in [0.25, 0.3) is 0 Å². The van der Waals surface area contributed by atoms with Gasteiger partial charge in [-0.2, -0.15) is 5.10 Å². The maximum Gasteiger partial charge on any atom is 0.224 e. The van der Waals surface area contributed by atoms with E-state index in [1.807, 2.05) is 0 Å². The van der Waals surface area contributed by atoms with Crippen LogP contribution in [0.5, 0.6) is 0 Å². The lowest BCUT2D eigenvalue weighted by Gasteiger charge is -2.07. The predicted molar refractivity (Wildman–Crippen MR) is 77.6 cm³/mol. The van der Waals surface area contributed by atoms with E-state index in [2.05, 4.69) is 31.3 Å². The first kappa shape index (κ1) is 14.6. The number of anilines is 1. The SMILES string of the molecule is O=C(CCCCBr)Nc1ccc(-n2cncn2)c(F)c1. The van der Waals surface area contributed by atoms with E-state index in [-0.39, 0.29) is 5.91 Å². The fourth-order valence-corrected chi connectivity index (χ4v) is 2.10. The minimum absolute atomic E-state index is 0.112. The van der Waals surface area contributed by atoms with Crippen molar-refractivity contribution in [2.75, 3.05) is 10.6 Å². The van der Waals surface area contributed by atoms with Crippen molar-refractivity contribution in [3.05, 3.63) is 36.7 Å². The number of hydrogen-bond donors (Lipinski definition) is 1. The first-order valence-electron chi connectivity index (χ1n) is 6.21. The molecule has 0 aliphatic heterocycles. The summed E-state index contributed by atoms with van der Waals surface area (Å²) in [6, 6.07) is 4.47. The third-order valence-electron chi connectivity index (χ3n) is 2.68. The first-order chi connectivity index (χ1) is 9.70. The summed E-state index contributed by atoms with van der Waals surface area (Å²) in [7, 11) is 0. The number of benzene rings is 1. The molecule has 1 aromatic heterocycles. The molecule has 5 nitrogen and oxygen atoms in total. The van der Waals surface area contributed by atoms with Crippen LogP contribution in [0.4, 0.5) is 10.1 Å². The van der Waals surface area contributed by atoms with E-state index in [1.165, 1.54) is 23.4 Å². The average Bonchev–Trinajstić information content (AvgIpc) is 2.93. The Morgan fingerprint density at radius 2 is 2.25 bits per heavy atom. The largest absolute Gasteiger partial charge is 0.326 e. The Morgan fingerprint density at radius 3 is 2.90 bits per heavy atom. The molecule has 7 heteroatoms. The number of carbonyl (C=O) groups is 1. The van der Waals surface area contributed by atoms with Crippen molar-refractivity contribution in [2.45, 2.75) is 19.3 Å². The number of rotatable bonds is 6. The Bertz CT molecular complexity index is 574. The molecular formula is C13H14BrFN4O. The van der Waals surface area contributed by atoms with Gasteiger partial charge in [0.05, 0.1) is 0 Å². The molecule has 1 heterocycles. The molecule has 2 rings (SSSR count). The second-order valence-electron chi connectivity index (χ2n) is 4.20. The fourth-order valence-electron chi connectivity index (χ4n) is 1.71. The predicted octanol–water partition coefficient (Wildman–Crippen LogP) is 2.91. The molecule has 0 aliphatic rings. The molecule has 0 unspecified atom stereocenters. The van der Waals surface area contributed by atoms with E-state index in [9.17, 15) is 9.18 Å². The van der Waals surface area contributed by atoms with Crippen molar-refractivity contribution < 1.29 is 9.18 Å². The summed E-state index contributed by atoms with van der Waals surface area (Å²) in [6.45, 7) is 0. The molecule has 0 radical (unpaired) electrons. The molecule has 1 amide bonds. The zero-order chi connectivity index (χ0) is 14.4. The summed E-state index contributed by atoms with van der Waals surface area (Å²) in [4.78, 5) is 15.4. The van der Waals surface area contributed by atoms with Crippen LogP contribution in [0.25, 0.3) is 5.69 Å². The van der Waals surface area contributed by atoms with Crippen LogP contribution in [-0.4, -0.2) is 26.0 Å². The molecule has 1 aromatic carbocycles. The summed E-state index contributed by atoms with van der Waals surface area (Å²) in [6.07, 6.45) is 4.91. The molecule has 0 spiro atoms. The van der Waals surface area contributed by atoms with Gasteiger partial charge in [-0.3, -0.25) is 4.79 Å². The molecule has 106 valence electrons. The van der Waals surface area contributed by atoms with E-state index in [1.54, 1.807) is 12.1 Å². The zero-order valence-electron chi connectivity index (χ0n) is 10.7. The number of alkyl halides is 1. The lowest BCUT2D eigenvalue weighted by molar-refractivity contribution is -0.116. The van der Waals surface area contributed by atoms with Gasteiger partial charge in [-0.1, -0.05) is 15.9 Å². The second kappa shape index (κ2) is 7.14. The van der Waals surface area contributed by atoms with Crippen LogP contribution in [0.15, 0.2) is 30.9 Å². The van der Waals surface area contributed by atoms with Gasteiger partial charge in [-0.05, 0) is 31.0 Å². The molecule has 0 fully saturated rings. The normalized spacial score (nSPS) is 10.5. The highest BCUT2D eigenvalue weighted by molar-refractivity contribution is 9.09. The Labute approximate surface area is 124 Å². The van der Waals surface area contributed by atoms with Crippen LogP contribution in [-0.2, 0) is 4.79 Å². The smallest absolute Gasteiger partial charge is 0.224 e. The Kier molecular flexibility index (Phi) is 5.23. The number of aromatic nitrogens is 3. The highest BCUT2D eigenvalue weighted by Gasteiger charge is 2.08. The third-order valence-corrected chi connectivity index (χ3v) is 3.25. The van der Waals surface area contributed by atoms with Gasteiger partial charge in [0.1, 0.15) is 18.3 Å². The maximum atomic E-state index is 13.9. The lowest BCUT2D eigenvalue weighted by Crippen LogP contribution is -2.11. The van der Waals surface area contributed by atoms with Crippen LogP contribution in [0, 0.1) is 5.82 Å². The highest BCUT2D eigenvalue weighted by atomic mass is 79.9. The summed E-state index contributed by atoms with van der Waals surface area (Å²) < 4.78 is 15.3. The van der Waals surface area contributed by atoms with E-state index in [4.69, 9.17) is 0 Å². The van der Waals surface area contributed by atoms with Gasteiger partial charge in [0.2, 0.25) is 5.91 Å². The summed E-state index contributed by atoms with van der Waals surface area (Å²) in [5.74, 6) is -0.576. The van der Waals surface area contributed by atoms with Crippen LogP contribution in [0.1, 0.15) is 19.3 Å². The van der Waals surface area contributed by atoms with E-state index < -0.39 is 5.82 Å². The third kappa shape index (κ3) is 3.86. The van der Waals surface area contributed by atoms with Crippen LogP contribution in [0.3, 0.4) is 0 Å². The number of unbranched alkanes of at least 4 members (excludes halogenated alkanes) is 1. The quantitative estimate of drug-likeness (QED) is 0.649. The van der Waals surface area contributed by atoms with Crippen molar-refractivity contribution in [2.24, 2.45) is 0 Å². The minimum Gasteiger partial charge on any atom is -0.326 e. The summed E-state index contributed by atoms with van der Waals surface area (Å²) in [5, 5.41) is 7.41. The van der Waals surface area contributed by atoms with E-state index in [0.29, 0.717) is 17.8 Å². The summed E-state index contributed by atoms with van der Waals surface area (Å²) >= 11 is 3.31. The topological polar surface area (TPSA) is 59.8 Å². The van der Waals surface area contributed by atoms with Crippen molar-refractivity contribution >= 4 is 27.5 Å². The van der Waals surface area contributed by atoms with Gasteiger partial charge in [-0.25, -0.2) is 14.1 Å². The summed E-state index contributed by atoms with van der Waals surface area (Å²) in [5.41, 5.74) is 0.731. The van der Waals surface area contributed by atoms with Crippen molar-refractivity contribution in [3.8, 4) is 5.69 Å². The standard InChI is InChI=1S/C13H14BrFN4O/c14-6-2-1-3-13(20)18-10-4-5-12(11(15)7-10)19-9-16-8-17-19/h4-5,7-9H,1-3,6H2,(H,18,20). The molecule has 2 aromatic rings. The Morgan fingerprint density at radius 1 is 1.40 bits per heavy atom. The molecule has 0 aliphatic carbocycles. The van der Waals surface area contributed by atoms with Crippen LogP contribution < -0.4 is 5.32 Å². The van der Waals surface area contributed by atoms with Gasteiger partial charge in [0, 0.05) is 17.4 Å². The minimum atomic E-state index is -0.464. The van der Waals surface area contributed by atoms with Gasteiger partial charge in [0.15, 0.2) is 5.82 Å². The highest BCUT2D eigenvalue weighted by Crippen LogP contribution is 2.17. The fraction of sp³-hybridized carbons (Fsp3) is 0.308. The number of hydrogen-bond acceptors (Lipinski definition) is 3. The number of nitrogens with zero attached hydrogens (tertiary/aromatic N) is 3. The number of halogens is 2. The molecule has 0 atom stereocenters. The molecule has 0 saturated heterocycles. The Hall–Kier alpha value is -1.76. The zero-order valence-corrected chi connectivity index (χ0v) is 12.3. The molecule has 1 N–H and O–H groups in total. The van der Waals surface area contributed by atoms with E-state index >= 15 is 0 Å². The maximum absolute atomic E-state index is 13.9. The van der Waals surface area contributed by atoms with Gasteiger partial charge < -0.3 is 5.32 Å². The lowest BCUT2D eigenvalue weighted by atomic mass is 10.2. The first-order valence-corrected chi connectivity index (χ1v) is 7.33. The average molecular weight is 341 g/mol. The second-order valence-corrected chi connectivity index (χ2v) is 4.99. The molecule has 0 bridgehead atoms. The van der Waals surface area contributed by atoms with Crippen LogP contribution >= 0.6 is 15.9 Å². The molecule has 0 saturated carbocycles. The number of carbonyl (C=O) groups excluding carboxylic acids is 1. The van der Waals surface area contributed by atoms with Gasteiger partial charge >= 0.3 is 0 Å². The number of amides is 1. The Balaban J connectivity index is 2.00. The van der Waals surface area contributed by atoms with Crippen molar-refractivity contribution in [1.82, 2.24) is 14.8 Å². The van der Waals surface area contributed by atoms with Crippen molar-refractivity contribution in [1.29, 1.82) is 0 Å². The van der Waals surface area contributed by atoms with Crippen LogP contribution in [0.2, 0.25) is 0 Å². The van der Waals surface area contributed by atoms with Gasteiger partial charge in [-0.15, -0.1) is 0 Å². The number of nitrogens with one attached hydrogen (secondary N) is 1. The van der Waals surface area contributed by atoms with E-state index in [0.717, 1.165) is 18.2 Å².